The third-order valence-electron chi connectivity index (χ3n) is 6.90. The van der Waals surface area contributed by atoms with Crippen LogP contribution >= 0.6 is 11.3 Å². The molecule has 1 saturated heterocycles. The molecule has 0 unspecified atom stereocenters. The van der Waals surface area contributed by atoms with E-state index in [4.69, 9.17) is 0 Å². The zero-order valence-electron chi connectivity index (χ0n) is 21.1. The minimum absolute atomic E-state index is 0.128. The van der Waals surface area contributed by atoms with E-state index >= 15 is 0 Å². The number of carbonyl (C=O) groups is 1. The highest BCUT2D eigenvalue weighted by atomic mass is 32.1. The minimum atomic E-state index is -0.244. The molecule has 0 radical (unpaired) electrons. The van der Waals surface area contributed by atoms with Crippen molar-refractivity contribution in [3.63, 3.8) is 0 Å². The van der Waals surface area contributed by atoms with Crippen LogP contribution in [0.15, 0.2) is 91.0 Å². The number of anilines is 1. The second-order valence-electron chi connectivity index (χ2n) is 9.43. The first-order valence-electron chi connectivity index (χ1n) is 12.9. The lowest BCUT2D eigenvalue weighted by molar-refractivity contribution is 0.102. The number of rotatable bonds is 8. The predicted octanol–water partition coefficient (Wildman–Crippen LogP) is 6.61. The fourth-order valence-corrected chi connectivity index (χ4v) is 6.01. The summed E-state index contributed by atoms with van der Waals surface area (Å²) in [6.45, 7) is 6.62. The third kappa shape index (κ3) is 6.16. The van der Waals surface area contributed by atoms with E-state index in [1.54, 1.807) is 23.5 Å². The topological polar surface area (TPSA) is 35.6 Å². The van der Waals surface area contributed by atoms with Gasteiger partial charge in [0.05, 0.1) is 6.04 Å². The van der Waals surface area contributed by atoms with Crippen LogP contribution in [0.3, 0.4) is 0 Å². The van der Waals surface area contributed by atoms with Crippen LogP contribution in [0.1, 0.15) is 44.9 Å². The Labute approximate surface area is 222 Å². The molecule has 1 aliphatic heterocycles. The zero-order valence-corrected chi connectivity index (χ0v) is 21.9. The number of halogens is 1. The molecule has 37 heavy (non-hydrogen) atoms. The summed E-state index contributed by atoms with van der Waals surface area (Å²) in [4.78, 5) is 19.2. The van der Waals surface area contributed by atoms with Gasteiger partial charge in [0, 0.05) is 48.7 Å². The second kappa shape index (κ2) is 11.8. The van der Waals surface area contributed by atoms with Crippen LogP contribution in [0.25, 0.3) is 0 Å². The van der Waals surface area contributed by atoms with E-state index in [-0.39, 0.29) is 17.8 Å². The first-order valence-corrected chi connectivity index (χ1v) is 13.7. The Morgan fingerprint density at radius 2 is 1.62 bits per heavy atom. The van der Waals surface area contributed by atoms with Gasteiger partial charge in [-0.2, -0.15) is 0 Å². The van der Waals surface area contributed by atoms with Gasteiger partial charge in [0.1, 0.15) is 10.8 Å². The Balaban J connectivity index is 1.43. The van der Waals surface area contributed by atoms with Gasteiger partial charge in [0.2, 0.25) is 0 Å². The molecule has 3 aromatic carbocycles. The maximum Gasteiger partial charge on any atom is 0.256 e. The van der Waals surface area contributed by atoms with Crippen molar-refractivity contribution in [2.24, 2.45) is 0 Å². The van der Waals surface area contributed by atoms with Crippen LogP contribution < -0.4 is 5.32 Å². The van der Waals surface area contributed by atoms with Crippen LogP contribution in [0, 0.1) is 5.82 Å². The third-order valence-corrected chi connectivity index (χ3v) is 8.11. The molecule has 2 heterocycles. The van der Waals surface area contributed by atoms with E-state index in [2.05, 4.69) is 52.4 Å². The Kier molecular flexibility index (Phi) is 8.09. The minimum Gasteiger partial charge on any atom is -0.313 e. The molecule has 1 aromatic heterocycles. The van der Waals surface area contributed by atoms with Gasteiger partial charge < -0.3 is 5.32 Å². The summed E-state index contributed by atoms with van der Waals surface area (Å²) in [6, 6.07) is 28.8. The Bertz CT molecular complexity index is 1320. The van der Waals surface area contributed by atoms with Gasteiger partial charge in [-0.3, -0.25) is 14.6 Å². The molecule has 0 aliphatic carbocycles. The van der Waals surface area contributed by atoms with Crippen LogP contribution in [0.4, 0.5) is 9.39 Å². The fourth-order valence-electron chi connectivity index (χ4n) is 4.98. The number of thiophene rings is 1. The number of nitrogens with one attached hydrogen (secondary N) is 1. The number of aryl methyl sites for hydroxylation is 1. The van der Waals surface area contributed by atoms with Gasteiger partial charge in [-0.05, 0) is 47.9 Å². The van der Waals surface area contributed by atoms with Crippen molar-refractivity contribution in [1.82, 2.24) is 9.80 Å². The van der Waals surface area contributed by atoms with Crippen molar-refractivity contribution in [3.05, 3.63) is 124 Å². The number of nitrogens with zero attached hydrogens (tertiary/aromatic N) is 2. The number of carbonyl (C=O) groups excluding carboxylic acids is 1. The molecule has 0 bridgehead atoms. The van der Waals surface area contributed by atoms with E-state index in [1.807, 2.05) is 42.5 Å². The SMILES string of the molecule is CCc1cc([C@H](c2cccc(F)c2)N2CCN(Cc3ccccc3)CC2)c(NC(=O)c2ccccc2)s1. The lowest BCUT2D eigenvalue weighted by Gasteiger charge is -2.39. The summed E-state index contributed by atoms with van der Waals surface area (Å²) in [7, 11) is 0. The molecule has 4 aromatic rings. The number of amides is 1. The average molecular weight is 514 g/mol. The van der Waals surface area contributed by atoms with Crippen molar-refractivity contribution >= 4 is 22.2 Å². The summed E-state index contributed by atoms with van der Waals surface area (Å²) < 4.78 is 14.4. The summed E-state index contributed by atoms with van der Waals surface area (Å²) >= 11 is 1.61. The molecule has 4 nitrogen and oxygen atoms in total. The van der Waals surface area contributed by atoms with Gasteiger partial charge in [-0.15, -0.1) is 11.3 Å². The molecule has 1 amide bonds. The smallest absolute Gasteiger partial charge is 0.256 e. The maximum atomic E-state index is 14.4. The van der Waals surface area contributed by atoms with Gasteiger partial charge in [0.25, 0.3) is 5.91 Å². The fraction of sp³-hybridized carbons (Fsp3) is 0.258. The lowest BCUT2D eigenvalue weighted by atomic mass is 9.97. The Hall–Kier alpha value is -3.32. The summed E-state index contributed by atoms with van der Waals surface area (Å²) in [5.74, 6) is -0.372. The molecule has 1 N–H and O–H groups in total. The van der Waals surface area contributed by atoms with Crippen molar-refractivity contribution in [2.45, 2.75) is 25.9 Å². The monoisotopic (exact) mass is 513 g/mol. The van der Waals surface area contributed by atoms with Gasteiger partial charge in [-0.1, -0.05) is 67.6 Å². The zero-order chi connectivity index (χ0) is 25.6. The average Bonchev–Trinajstić information content (AvgIpc) is 3.33. The van der Waals surface area contributed by atoms with Crippen LogP contribution in [0.2, 0.25) is 0 Å². The highest BCUT2D eigenvalue weighted by Gasteiger charge is 2.30. The predicted molar refractivity (Wildman–Crippen MR) is 150 cm³/mol. The summed E-state index contributed by atoms with van der Waals surface area (Å²) in [5, 5.41) is 4.02. The highest BCUT2D eigenvalue weighted by Crippen LogP contribution is 2.40. The van der Waals surface area contributed by atoms with Crippen molar-refractivity contribution in [1.29, 1.82) is 0 Å². The normalized spacial score (nSPS) is 15.4. The lowest BCUT2D eigenvalue weighted by Crippen LogP contribution is -2.47. The molecule has 1 aliphatic rings. The van der Waals surface area contributed by atoms with E-state index < -0.39 is 0 Å². The number of hydrogen-bond donors (Lipinski definition) is 1. The van der Waals surface area contributed by atoms with Gasteiger partial charge in [-0.25, -0.2) is 4.39 Å². The molecular formula is C31H32FN3OS. The molecule has 6 heteroatoms. The maximum absolute atomic E-state index is 14.4. The molecule has 190 valence electrons. The van der Waals surface area contributed by atoms with Gasteiger partial charge >= 0.3 is 0 Å². The van der Waals surface area contributed by atoms with E-state index in [0.717, 1.165) is 55.3 Å². The van der Waals surface area contributed by atoms with E-state index in [0.29, 0.717) is 5.56 Å². The number of benzene rings is 3. The first-order chi connectivity index (χ1) is 18.1. The molecule has 1 fully saturated rings. The van der Waals surface area contributed by atoms with E-state index in [1.165, 1.54) is 16.5 Å². The first kappa shape index (κ1) is 25.3. The van der Waals surface area contributed by atoms with Crippen LogP contribution in [-0.2, 0) is 13.0 Å². The molecule has 5 rings (SSSR count). The molecule has 0 saturated carbocycles. The van der Waals surface area contributed by atoms with Crippen molar-refractivity contribution < 1.29 is 9.18 Å². The highest BCUT2D eigenvalue weighted by molar-refractivity contribution is 7.16. The summed E-state index contributed by atoms with van der Waals surface area (Å²) in [5.41, 5.74) is 3.88. The quantitative estimate of drug-likeness (QED) is 0.288. The van der Waals surface area contributed by atoms with E-state index in [9.17, 15) is 9.18 Å². The number of piperazine rings is 1. The molecule has 0 spiro atoms. The van der Waals surface area contributed by atoms with Crippen LogP contribution in [-0.4, -0.2) is 41.9 Å². The number of hydrogen-bond acceptors (Lipinski definition) is 4. The van der Waals surface area contributed by atoms with Crippen LogP contribution in [0.5, 0.6) is 0 Å². The largest absolute Gasteiger partial charge is 0.313 e. The van der Waals surface area contributed by atoms with Gasteiger partial charge in [0.15, 0.2) is 0 Å². The van der Waals surface area contributed by atoms with Crippen molar-refractivity contribution in [3.8, 4) is 0 Å². The Morgan fingerprint density at radius 1 is 0.919 bits per heavy atom. The van der Waals surface area contributed by atoms with Crippen molar-refractivity contribution in [2.75, 3.05) is 31.5 Å². The summed E-state index contributed by atoms with van der Waals surface area (Å²) in [6.07, 6.45) is 0.875. The Morgan fingerprint density at radius 3 is 2.30 bits per heavy atom. The molecular weight excluding hydrogens is 481 g/mol. The standard InChI is InChI=1S/C31H32FN3OS/c1-2-27-21-28(31(37-27)33-30(36)24-12-7-4-8-13-24)29(25-14-9-15-26(32)20-25)35-18-16-34(17-19-35)22-23-10-5-3-6-11-23/h3-15,20-21,29H,2,16-19,22H2,1H3,(H,33,36)/t29-/m0/s1. The molecule has 1 atom stereocenters. The second-order valence-corrected chi connectivity index (χ2v) is 10.6.